The largest absolute Gasteiger partial charge is 0.350 e. The zero-order valence-electron chi connectivity index (χ0n) is 16.5. The van der Waals surface area contributed by atoms with Gasteiger partial charge < -0.3 is 10.6 Å². The van der Waals surface area contributed by atoms with Crippen LogP contribution in [0.3, 0.4) is 0 Å². The van der Waals surface area contributed by atoms with E-state index >= 15 is 0 Å². The highest BCUT2D eigenvalue weighted by molar-refractivity contribution is 5.96. The van der Waals surface area contributed by atoms with E-state index in [1.54, 1.807) is 11.6 Å². The fourth-order valence-electron chi connectivity index (χ4n) is 3.73. The minimum Gasteiger partial charge on any atom is -0.350 e. The van der Waals surface area contributed by atoms with E-state index in [0.29, 0.717) is 24.2 Å². The van der Waals surface area contributed by atoms with Gasteiger partial charge in [-0.3, -0.25) is 19.0 Å². The lowest BCUT2D eigenvalue weighted by atomic mass is 10.1. The lowest BCUT2D eigenvalue weighted by Gasteiger charge is -2.14. The first-order valence-corrected chi connectivity index (χ1v) is 9.46. The van der Waals surface area contributed by atoms with E-state index in [1.807, 2.05) is 31.5 Å². The van der Waals surface area contributed by atoms with Gasteiger partial charge in [-0.05, 0) is 46.7 Å². The van der Waals surface area contributed by atoms with Gasteiger partial charge in [0.15, 0.2) is 5.78 Å². The van der Waals surface area contributed by atoms with Gasteiger partial charge in [-0.2, -0.15) is 10.2 Å². The number of hydrogen-bond acceptors (Lipinski definition) is 5. The number of aromatic nitrogens is 4. The topological polar surface area (TPSA) is 93.8 Å². The Morgan fingerprint density at radius 2 is 2.11 bits per heavy atom. The second-order valence-corrected chi connectivity index (χ2v) is 7.26. The third-order valence-corrected chi connectivity index (χ3v) is 4.99. The van der Waals surface area contributed by atoms with Crippen LogP contribution in [0, 0.1) is 13.8 Å². The van der Waals surface area contributed by atoms with Crippen LogP contribution in [-0.2, 0) is 24.4 Å². The molecule has 3 heterocycles. The van der Waals surface area contributed by atoms with Gasteiger partial charge in [-0.1, -0.05) is 0 Å². The molecule has 1 aliphatic rings. The fourth-order valence-corrected chi connectivity index (χ4v) is 3.73. The molecule has 1 atom stereocenters. The molecule has 0 saturated heterocycles. The van der Waals surface area contributed by atoms with Crippen molar-refractivity contribution in [2.45, 2.75) is 66.2 Å². The summed E-state index contributed by atoms with van der Waals surface area (Å²) in [5.74, 6) is -0.0531. The van der Waals surface area contributed by atoms with Gasteiger partial charge in [0.25, 0.3) is 0 Å². The standard InChI is InChI=1S/C19H28N6O2/c1-12(25-14(3)19(15(4)26)13(2)22-25)8-18(27)21-10-16-9-17-11-20-6-5-7-24(17)23-16/h9,12,20H,5-8,10-11H2,1-4H3,(H,21,27)/t12-/m1/s1. The zero-order chi connectivity index (χ0) is 19.6. The van der Waals surface area contributed by atoms with Gasteiger partial charge in [-0.25, -0.2) is 0 Å². The van der Waals surface area contributed by atoms with Crippen molar-refractivity contribution < 1.29 is 9.59 Å². The average molecular weight is 372 g/mol. The highest BCUT2D eigenvalue weighted by Crippen LogP contribution is 2.20. The van der Waals surface area contributed by atoms with Crippen molar-refractivity contribution in [1.29, 1.82) is 0 Å². The first-order chi connectivity index (χ1) is 12.9. The number of carbonyl (C=O) groups is 2. The van der Waals surface area contributed by atoms with Crippen molar-refractivity contribution in [3.63, 3.8) is 0 Å². The summed E-state index contributed by atoms with van der Waals surface area (Å²) in [5.41, 5.74) is 4.20. The van der Waals surface area contributed by atoms with Crippen molar-refractivity contribution in [1.82, 2.24) is 30.2 Å². The van der Waals surface area contributed by atoms with Crippen LogP contribution in [0.15, 0.2) is 6.07 Å². The number of hydrogen-bond donors (Lipinski definition) is 2. The lowest BCUT2D eigenvalue weighted by molar-refractivity contribution is -0.122. The summed E-state index contributed by atoms with van der Waals surface area (Å²) >= 11 is 0. The summed E-state index contributed by atoms with van der Waals surface area (Å²) in [5, 5.41) is 15.3. The quantitative estimate of drug-likeness (QED) is 0.752. The van der Waals surface area contributed by atoms with Crippen LogP contribution >= 0.6 is 0 Å². The van der Waals surface area contributed by atoms with Crippen molar-refractivity contribution in [2.24, 2.45) is 0 Å². The molecule has 0 radical (unpaired) electrons. The maximum absolute atomic E-state index is 12.4. The molecular formula is C19H28N6O2. The third-order valence-electron chi connectivity index (χ3n) is 4.99. The first kappa shape index (κ1) is 19.3. The molecule has 0 aromatic carbocycles. The van der Waals surface area contributed by atoms with Crippen LogP contribution in [0.25, 0.3) is 0 Å². The zero-order valence-corrected chi connectivity index (χ0v) is 16.5. The molecule has 0 bridgehead atoms. The number of amides is 1. The van der Waals surface area contributed by atoms with Crippen molar-refractivity contribution >= 4 is 11.7 Å². The van der Waals surface area contributed by atoms with E-state index in [9.17, 15) is 9.59 Å². The Bertz CT molecular complexity index is 827. The number of carbonyl (C=O) groups excluding carboxylic acids is 2. The van der Waals surface area contributed by atoms with Gasteiger partial charge in [-0.15, -0.1) is 0 Å². The number of nitrogens with one attached hydrogen (secondary N) is 2. The van der Waals surface area contributed by atoms with Gasteiger partial charge >= 0.3 is 0 Å². The third kappa shape index (κ3) is 4.27. The molecule has 2 aromatic heterocycles. The lowest BCUT2D eigenvalue weighted by Crippen LogP contribution is -2.26. The molecule has 27 heavy (non-hydrogen) atoms. The Morgan fingerprint density at radius 1 is 1.33 bits per heavy atom. The molecule has 0 spiro atoms. The molecule has 8 heteroatoms. The average Bonchev–Trinajstić information content (AvgIpc) is 3.05. The van der Waals surface area contributed by atoms with Crippen LogP contribution in [0.5, 0.6) is 0 Å². The number of rotatable bonds is 6. The van der Waals surface area contributed by atoms with Crippen molar-refractivity contribution in [3.8, 4) is 0 Å². The Hall–Kier alpha value is -2.48. The molecule has 146 valence electrons. The van der Waals surface area contributed by atoms with Crippen molar-refractivity contribution in [3.05, 3.63) is 34.4 Å². The Labute approximate surface area is 159 Å². The number of nitrogens with zero attached hydrogens (tertiary/aromatic N) is 4. The van der Waals surface area contributed by atoms with E-state index in [1.165, 1.54) is 0 Å². The highest BCUT2D eigenvalue weighted by atomic mass is 16.1. The van der Waals surface area contributed by atoms with Gasteiger partial charge in [0.05, 0.1) is 35.2 Å². The number of Topliss-reactive ketones (excluding diaryl/α,β-unsaturated/α-hetero) is 1. The Balaban J connectivity index is 1.58. The molecule has 0 unspecified atom stereocenters. The molecule has 1 aliphatic heterocycles. The Kier molecular flexibility index (Phi) is 5.74. The van der Waals surface area contributed by atoms with Gasteiger partial charge in [0, 0.05) is 25.2 Å². The van der Waals surface area contributed by atoms with E-state index < -0.39 is 0 Å². The normalized spacial score (nSPS) is 15.1. The molecule has 0 fully saturated rings. The number of aryl methyl sites for hydroxylation is 2. The van der Waals surface area contributed by atoms with Crippen LogP contribution in [-0.4, -0.2) is 37.8 Å². The first-order valence-electron chi connectivity index (χ1n) is 9.46. The van der Waals surface area contributed by atoms with Gasteiger partial charge in [0.2, 0.25) is 5.91 Å². The summed E-state index contributed by atoms with van der Waals surface area (Å²) in [6, 6.07) is 1.92. The molecule has 3 rings (SSSR count). The second-order valence-electron chi connectivity index (χ2n) is 7.26. The molecule has 2 aromatic rings. The highest BCUT2D eigenvalue weighted by Gasteiger charge is 2.20. The fraction of sp³-hybridized carbons (Fsp3) is 0.579. The summed E-state index contributed by atoms with van der Waals surface area (Å²) in [6.07, 6.45) is 1.36. The SMILES string of the molecule is CC(=O)c1c(C)nn([C@H](C)CC(=O)NCc2cc3n(n2)CCCNC3)c1C. The summed E-state index contributed by atoms with van der Waals surface area (Å²) in [6.45, 7) is 10.3. The van der Waals surface area contributed by atoms with E-state index in [2.05, 4.69) is 20.8 Å². The minimum absolute atomic E-state index is 0.00180. The monoisotopic (exact) mass is 372 g/mol. The molecule has 2 N–H and O–H groups in total. The predicted molar refractivity (Wildman–Crippen MR) is 101 cm³/mol. The summed E-state index contributed by atoms with van der Waals surface area (Å²) in [4.78, 5) is 24.1. The molecule has 1 amide bonds. The minimum atomic E-state index is -0.125. The van der Waals surface area contributed by atoms with Crippen LogP contribution in [0.4, 0.5) is 0 Å². The van der Waals surface area contributed by atoms with E-state index in [-0.39, 0.29) is 17.7 Å². The smallest absolute Gasteiger partial charge is 0.222 e. The van der Waals surface area contributed by atoms with Crippen LogP contribution < -0.4 is 10.6 Å². The molecule has 0 aliphatic carbocycles. The van der Waals surface area contributed by atoms with E-state index in [0.717, 1.165) is 43.1 Å². The summed E-state index contributed by atoms with van der Waals surface area (Å²) < 4.78 is 3.79. The molecular weight excluding hydrogens is 344 g/mol. The van der Waals surface area contributed by atoms with Gasteiger partial charge in [0.1, 0.15) is 0 Å². The second kappa shape index (κ2) is 8.04. The molecule has 8 nitrogen and oxygen atoms in total. The molecule has 0 saturated carbocycles. The maximum Gasteiger partial charge on any atom is 0.222 e. The van der Waals surface area contributed by atoms with Crippen LogP contribution in [0.1, 0.15) is 65.9 Å². The predicted octanol–water partition coefficient (Wildman–Crippen LogP) is 1.66. The summed E-state index contributed by atoms with van der Waals surface area (Å²) in [7, 11) is 0. The Morgan fingerprint density at radius 3 is 2.81 bits per heavy atom. The van der Waals surface area contributed by atoms with Crippen molar-refractivity contribution in [2.75, 3.05) is 6.54 Å². The maximum atomic E-state index is 12.4. The number of fused-ring (bicyclic) bond motifs is 1. The number of ketones is 1. The van der Waals surface area contributed by atoms with E-state index in [4.69, 9.17) is 0 Å². The van der Waals surface area contributed by atoms with Crippen LogP contribution in [0.2, 0.25) is 0 Å².